The van der Waals surface area contributed by atoms with E-state index in [9.17, 15) is 8.42 Å². The fourth-order valence-electron chi connectivity index (χ4n) is 5.16. The van der Waals surface area contributed by atoms with Crippen LogP contribution in [0.4, 0.5) is 0 Å². The molecule has 3 aliphatic rings. The maximum absolute atomic E-state index is 13.1. The van der Waals surface area contributed by atoms with Gasteiger partial charge in [0, 0.05) is 18.2 Å². The molecule has 1 heterocycles. The number of aryl methyl sites for hydroxylation is 2. The number of fused-ring (bicyclic) bond motifs is 3. The van der Waals surface area contributed by atoms with Gasteiger partial charge in [0.05, 0.1) is 4.90 Å². The van der Waals surface area contributed by atoms with Crippen LogP contribution in [0.5, 0.6) is 0 Å². The van der Waals surface area contributed by atoms with E-state index in [-0.39, 0.29) is 10.8 Å². The molecule has 0 N–H and O–H groups in total. The minimum Gasteiger partial charge on any atom is -0.273 e. The Balaban J connectivity index is 1.52. The predicted octanol–water partition coefficient (Wildman–Crippen LogP) is 4.17. The van der Waals surface area contributed by atoms with Gasteiger partial charge in [-0.1, -0.05) is 53.6 Å². The Morgan fingerprint density at radius 1 is 1.00 bits per heavy atom. The van der Waals surface area contributed by atoms with Gasteiger partial charge < -0.3 is 0 Å². The van der Waals surface area contributed by atoms with Crippen molar-refractivity contribution in [3.05, 3.63) is 77.5 Å². The Kier molecular flexibility index (Phi) is 3.11. The van der Waals surface area contributed by atoms with Crippen molar-refractivity contribution in [3.63, 3.8) is 0 Å². The number of allylic oxidation sites excluding steroid dienone is 1. The minimum absolute atomic E-state index is 0.0400. The molecule has 1 aliphatic heterocycles. The van der Waals surface area contributed by atoms with Crippen LogP contribution in [0.1, 0.15) is 29.5 Å². The third kappa shape index (κ3) is 1.96. The molecular formula is C22H23NO2S. The Labute approximate surface area is 155 Å². The van der Waals surface area contributed by atoms with E-state index in [0.717, 1.165) is 5.56 Å². The zero-order valence-electron chi connectivity index (χ0n) is 15.1. The van der Waals surface area contributed by atoms with Crippen molar-refractivity contribution in [1.29, 1.82) is 0 Å². The van der Waals surface area contributed by atoms with Crippen molar-refractivity contribution < 1.29 is 8.42 Å². The summed E-state index contributed by atoms with van der Waals surface area (Å²) >= 11 is 0. The van der Waals surface area contributed by atoms with Gasteiger partial charge in [-0.2, -0.15) is 0 Å². The molecule has 2 aliphatic carbocycles. The summed E-state index contributed by atoms with van der Waals surface area (Å²) in [6, 6.07) is 15.9. The molecule has 3 nitrogen and oxygen atoms in total. The van der Waals surface area contributed by atoms with Crippen LogP contribution in [-0.4, -0.2) is 19.3 Å². The van der Waals surface area contributed by atoms with Crippen LogP contribution >= 0.6 is 0 Å². The molecule has 0 radical (unpaired) electrons. The lowest BCUT2D eigenvalue weighted by molar-refractivity contribution is 0.447. The molecule has 5 rings (SSSR count). The van der Waals surface area contributed by atoms with Crippen LogP contribution in [0.3, 0.4) is 0 Å². The third-order valence-electron chi connectivity index (χ3n) is 6.74. The second-order valence-electron chi connectivity index (χ2n) is 8.15. The first-order valence-electron chi connectivity index (χ1n) is 9.25. The smallest absolute Gasteiger partial charge is 0.263 e. The fourth-order valence-corrected chi connectivity index (χ4v) is 6.48. The summed E-state index contributed by atoms with van der Waals surface area (Å²) in [5.41, 5.74) is 4.01. The lowest BCUT2D eigenvalue weighted by atomic mass is 9.89. The van der Waals surface area contributed by atoms with Crippen LogP contribution in [0.25, 0.3) is 0 Å². The van der Waals surface area contributed by atoms with E-state index in [1.807, 2.05) is 25.3 Å². The molecule has 0 unspecified atom stereocenters. The molecule has 2 aromatic carbocycles. The van der Waals surface area contributed by atoms with E-state index in [0.29, 0.717) is 17.4 Å². The molecule has 2 saturated carbocycles. The minimum atomic E-state index is -3.48. The number of nitrogens with zero attached hydrogens (tertiary/aromatic N) is 1. The van der Waals surface area contributed by atoms with E-state index in [1.54, 1.807) is 16.4 Å². The van der Waals surface area contributed by atoms with E-state index in [2.05, 4.69) is 37.3 Å². The highest BCUT2D eigenvalue weighted by Gasteiger charge is 2.82. The van der Waals surface area contributed by atoms with Gasteiger partial charge in [-0.15, -0.1) is 0 Å². The second kappa shape index (κ2) is 5.01. The molecular weight excluding hydrogens is 342 g/mol. The number of benzene rings is 2. The molecule has 0 amide bonds. The monoisotopic (exact) mass is 365 g/mol. The summed E-state index contributed by atoms with van der Waals surface area (Å²) in [6.45, 7) is 4.67. The standard InChI is InChI=1S/C22H23NO2S/c1-16-6-8-19(9-7-16)26(24,25)23-13-12-22(18-5-3-4-17(2)14-18)20(15-23)21(22)10-11-21/h3-9,12-14,20H,10-11,15H2,1-2H3/t20-,22+/m0/s1. The van der Waals surface area contributed by atoms with Crippen molar-refractivity contribution in [2.75, 3.05) is 6.54 Å². The van der Waals surface area contributed by atoms with Gasteiger partial charge in [-0.3, -0.25) is 4.31 Å². The average molecular weight is 365 g/mol. The quantitative estimate of drug-likeness (QED) is 0.819. The normalized spacial score (nSPS) is 28.1. The number of rotatable bonds is 3. The topological polar surface area (TPSA) is 37.4 Å². The van der Waals surface area contributed by atoms with Crippen molar-refractivity contribution in [2.24, 2.45) is 11.3 Å². The summed E-state index contributed by atoms with van der Waals surface area (Å²) < 4.78 is 27.7. The molecule has 2 fully saturated rings. The molecule has 0 bridgehead atoms. The summed E-state index contributed by atoms with van der Waals surface area (Å²) in [4.78, 5) is 0.376. The van der Waals surface area contributed by atoms with Gasteiger partial charge in [-0.25, -0.2) is 8.42 Å². The van der Waals surface area contributed by atoms with Gasteiger partial charge >= 0.3 is 0 Å². The molecule has 1 spiro atoms. The van der Waals surface area contributed by atoms with Gasteiger partial charge in [-0.05, 0) is 55.7 Å². The molecule has 4 heteroatoms. The summed E-state index contributed by atoms with van der Waals surface area (Å²) in [6.07, 6.45) is 6.40. The van der Waals surface area contributed by atoms with E-state index in [4.69, 9.17) is 0 Å². The largest absolute Gasteiger partial charge is 0.273 e. The zero-order valence-corrected chi connectivity index (χ0v) is 16.0. The summed E-state index contributed by atoms with van der Waals surface area (Å²) in [7, 11) is -3.48. The average Bonchev–Trinajstić information content (AvgIpc) is 3.53. The third-order valence-corrected chi connectivity index (χ3v) is 8.49. The molecule has 2 aromatic rings. The van der Waals surface area contributed by atoms with Crippen molar-refractivity contribution in [1.82, 2.24) is 4.31 Å². The first-order chi connectivity index (χ1) is 12.4. The van der Waals surface area contributed by atoms with E-state index < -0.39 is 10.0 Å². The van der Waals surface area contributed by atoms with Gasteiger partial charge in [0.15, 0.2) is 0 Å². The van der Waals surface area contributed by atoms with Crippen LogP contribution in [0, 0.1) is 25.2 Å². The Bertz CT molecular complexity index is 1020. The second-order valence-corrected chi connectivity index (χ2v) is 10.0. The van der Waals surface area contributed by atoms with E-state index >= 15 is 0 Å². The van der Waals surface area contributed by atoms with Crippen molar-refractivity contribution >= 4 is 10.0 Å². The van der Waals surface area contributed by atoms with Crippen LogP contribution in [0.15, 0.2) is 65.7 Å². The van der Waals surface area contributed by atoms with Crippen LogP contribution < -0.4 is 0 Å². The van der Waals surface area contributed by atoms with Gasteiger partial charge in [0.2, 0.25) is 0 Å². The first kappa shape index (κ1) is 16.1. The molecule has 2 atom stereocenters. The fraction of sp³-hybridized carbons (Fsp3) is 0.364. The van der Waals surface area contributed by atoms with Crippen molar-refractivity contribution in [3.8, 4) is 0 Å². The number of sulfonamides is 1. The Hall–Kier alpha value is -2.07. The van der Waals surface area contributed by atoms with Crippen molar-refractivity contribution in [2.45, 2.75) is 37.0 Å². The maximum atomic E-state index is 13.1. The number of hydrogen-bond acceptors (Lipinski definition) is 2. The van der Waals surface area contributed by atoms with Gasteiger partial charge in [0.1, 0.15) is 0 Å². The summed E-state index contributed by atoms with van der Waals surface area (Å²) in [5.74, 6) is 0.391. The Morgan fingerprint density at radius 2 is 1.73 bits per heavy atom. The maximum Gasteiger partial charge on any atom is 0.263 e. The van der Waals surface area contributed by atoms with E-state index in [1.165, 1.54) is 24.0 Å². The SMILES string of the molecule is Cc1ccc(S(=O)(=O)N2C=C[C@@]3(c4cccc(C)c4)[C@@H](C2)C32CC2)cc1. The van der Waals surface area contributed by atoms with Crippen LogP contribution in [-0.2, 0) is 15.4 Å². The lowest BCUT2D eigenvalue weighted by Crippen LogP contribution is -2.32. The molecule has 0 saturated heterocycles. The molecule has 26 heavy (non-hydrogen) atoms. The zero-order chi connectivity index (χ0) is 18.2. The highest BCUT2D eigenvalue weighted by atomic mass is 32.2. The first-order valence-corrected chi connectivity index (χ1v) is 10.7. The van der Waals surface area contributed by atoms with Gasteiger partial charge in [0.25, 0.3) is 10.0 Å². The number of hydrogen-bond donors (Lipinski definition) is 0. The van der Waals surface area contributed by atoms with Crippen LogP contribution in [0.2, 0.25) is 0 Å². The highest BCUT2D eigenvalue weighted by molar-refractivity contribution is 7.89. The molecule has 0 aromatic heterocycles. The molecule has 134 valence electrons. The Morgan fingerprint density at radius 3 is 2.38 bits per heavy atom. The predicted molar refractivity (Wildman–Crippen MR) is 102 cm³/mol. The summed E-state index contributed by atoms with van der Waals surface area (Å²) in [5, 5.41) is 0. The lowest BCUT2D eigenvalue weighted by Gasteiger charge is -2.27. The highest BCUT2D eigenvalue weighted by Crippen LogP contribution is 2.84.